The fourth-order valence-corrected chi connectivity index (χ4v) is 2.40. The van der Waals surface area contributed by atoms with Crippen molar-refractivity contribution in [3.05, 3.63) is 30.1 Å². The Morgan fingerprint density at radius 2 is 1.92 bits per heavy atom. The van der Waals surface area contributed by atoms with Crippen molar-refractivity contribution in [2.24, 2.45) is 0 Å². The van der Waals surface area contributed by atoms with Crippen LogP contribution in [-0.4, -0.2) is 52.5 Å². The lowest BCUT2D eigenvalue weighted by Crippen LogP contribution is -2.44. The van der Waals surface area contributed by atoms with Gasteiger partial charge in [0, 0.05) is 24.5 Å². The SMILES string of the molecule is CC(C)(C)OC(=O)N1CCC[C@H]1C(=O)OCC(=O)c1ccncc1. The van der Waals surface area contributed by atoms with E-state index in [-0.39, 0.29) is 12.4 Å². The Balaban J connectivity index is 1.91. The Kier molecular flexibility index (Phi) is 5.54. The molecule has 0 spiro atoms. The summed E-state index contributed by atoms with van der Waals surface area (Å²) in [4.78, 5) is 41.5. The summed E-state index contributed by atoms with van der Waals surface area (Å²) in [5, 5.41) is 0. The van der Waals surface area contributed by atoms with Crippen molar-refractivity contribution in [2.75, 3.05) is 13.2 Å². The lowest BCUT2D eigenvalue weighted by atomic mass is 10.2. The molecule has 7 nitrogen and oxygen atoms in total. The Morgan fingerprint density at radius 1 is 1.25 bits per heavy atom. The van der Waals surface area contributed by atoms with Gasteiger partial charge in [-0.2, -0.15) is 0 Å². The molecule has 0 aromatic carbocycles. The van der Waals surface area contributed by atoms with Crippen LogP contribution in [-0.2, 0) is 14.3 Å². The topological polar surface area (TPSA) is 85.8 Å². The first-order valence-corrected chi connectivity index (χ1v) is 7.87. The van der Waals surface area contributed by atoms with Crippen molar-refractivity contribution < 1.29 is 23.9 Å². The van der Waals surface area contributed by atoms with Crippen LogP contribution < -0.4 is 0 Å². The van der Waals surface area contributed by atoms with Gasteiger partial charge in [0.15, 0.2) is 12.4 Å². The number of ether oxygens (including phenoxy) is 2. The maximum absolute atomic E-state index is 12.2. The number of ketones is 1. The van der Waals surface area contributed by atoms with E-state index in [0.717, 1.165) is 0 Å². The Hall–Kier alpha value is -2.44. The summed E-state index contributed by atoms with van der Waals surface area (Å²) in [6, 6.07) is 2.40. The lowest BCUT2D eigenvalue weighted by Gasteiger charge is -2.27. The highest BCUT2D eigenvalue weighted by Crippen LogP contribution is 2.21. The smallest absolute Gasteiger partial charge is 0.411 e. The van der Waals surface area contributed by atoms with Crippen LogP contribution in [0.25, 0.3) is 0 Å². The molecule has 1 fully saturated rings. The summed E-state index contributed by atoms with van der Waals surface area (Å²) in [5.74, 6) is -0.895. The minimum atomic E-state index is -0.704. The second-order valence-corrected chi connectivity index (χ2v) is 6.60. The number of amides is 1. The van der Waals surface area contributed by atoms with Gasteiger partial charge in [0.05, 0.1) is 0 Å². The van der Waals surface area contributed by atoms with Crippen molar-refractivity contribution in [1.82, 2.24) is 9.88 Å². The van der Waals surface area contributed by atoms with Gasteiger partial charge in [-0.25, -0.2) is 9.59 Å². The third kappa shape index (κ3) is 4.78. The summed E-state index contributed by atoms with van der Waals surface area (Å²) in [5.41, 5.74) is -0.209. The molecule has 7 heteroatoms. The third-order valence-corrected chi connectivity index (χ3v) is 3.50. The zero-order valence-corrected chi connectivity index (χ0v) is 14.2. The van der Waals surface area contributed by atoms with Crippen LogP contribution in [0.15, 0.2) is 24.5 Å². The fourth-order valence-electron chi connectivity index (χ4n) is 2.40. The Morgan fingerprint density at radius 3 is 2.54 bits per heavy atom. The van der Waals surface area contributed by atoms with Crippen LogP contribution in [0.1, 0.15) is 44.0 Å². The first kappa shape index (κ1) is 17.9. The second-order valence-electron chi connectivity index (χ2n) is 6.60. The van der Waals surface area contributed by atoms with Gasteiger partial charge in [-0.05, 0) is 45.7 Å². The molecule has 1 aliphatic rings. The first-order chi connectivity index (χ1) is 11.3. The molecule has 0 aliphatic carbocycles. The molecular weight excluding hydrogens is 312 g/mol. The van der Waals surface area contributed by atoms with Crippen LogP contribution in [0.2, 0.25) is 0 Å². The number of likely N-dealkylation sites (tertiary alicyclic amines) is 1. The van der Waals surface area contributed by atoms with Gasteiger partial charge in [0.2, 0.25) is 0 Å². The van der Waals surface area contributed by atoms with E-state index in [1.165, 1.54) is 17.3 Å². The molecule has 0 N–H and O–H groups in total. The quantitative estimate of drug-likeness (QED) is 0.620. The van der Waals surface area contributed by atoms with Gasteiger partial charge in [-0.15, -0.1) is 0 Å². The normalized spacial score (nSPS) is 17.5. The van der Waals surface area contributed by atoms with E-state index in [1.54, 1.807) is 32.9 Å². The zero-order valence-electron chi connectivity index (χ0n) is 14.2. The predicted molar refractivity (Wildman–Crippen MR) is 85.5 cm³/mol. The molecule has 2 heterocycles. The van der Waals surface area contributed by atoms with E-state index in [1.807, 2.05) is 0 Å². The monoisotopic (exact) mass is 334 g/mol. The maximum atomic E-state index is 12.2. The van der Waals surface area contributed by atoms with Crippen LogP contribution in [0.4, 0.5) is 4.79 Å². The number of hydrogen-bond acceptors (Lipinski definition) is 6. The number of nitrogens with zero attached hydrogens (tertiary/aromatic N) is 2. The molecule has 130 valence electrons. The number of carbonyl (C=O) groups excluding carboxylic acids is 3. The zero-order chi connectivity index (χ0) is 17.7. The predicted octanol–water partition coefficient (Wildman–Crippen LogP) is 2.21. The van der Waals surface area contributed by atoms with Crippen LogP contribution >= 0.6 is 0 Å². The highest BCUT2D eigenvalue weighted by atomic mass is 16.6. The number of Topliss-reactive ketones (excluding diaryl/α,β-unsaturated/α-hetero) is 1. The number of carbonyl (C=O) groups is 3. The molecule has 0 radical (unpaired) electrons. The lowest BCUT2D eigenvalue weighted by molar-refractivity contribution is -0.147. The fraction of sp³-hybridized carbons (Fsp3) is 0.529. The van der Waals surface area contributed by atoms with Crippen LogP contribution in [0.5, 0.6) is 0 Å². The molecule has 0 saturated carbocycles. The van der Waals surface area contributed by atoms with Crippen LogP contribution in [0, 0.1) is 0 Å². The van der Waals surface area contributed by atoms with E-state index in [2.05, 4.69) is 4.98 Å². The van der Waals surface area contributed by atoms with Gasteiger partial charge < -0.3 is 9.47 Å². The summed E-state index contributed by atoms with van der Waals surface area (Å²) in [7, 11) is 0. The van der Waals surface area contributed by atoms with Gasteiger partial charge in [0.25, 0.3) is 0 Å². The minimum absolute atomic E-state index is 0.312. The molecule has 1 aliphatic heterocycles. The molecule has 1 atom stereocenters. The Labute approximate surface area is 140 Å². The average Bonchev–Trinajstić information content (AvgIpc) is 3.01. The molecule has 24 heavy (non-hydrogen) atoms. The van der Waals surface area contributed by atoms with Gasteiger partial charge in [-0.1, -0.05) is 0 Å². The van der Waals surface area contributed by atoms with Crippen molar-refractivity contribution in [3.63, 3.8) is 0 Å². The van der Waals surface area contributed by atoms with Crippen molar-refractivity contribution >= 4 is 17.8 Å². The van der Waals surface area contributed by atoms with Gasteiger partial charge in [-0.3, -0.25) is 14.7 Å². The Bertz CT molecular complexity index is 609. The number of rotatable bonds is 4. The van der Waals surface area contributed by atoms with E-state index >= 15 is 0 Å². The molecule has 0 unspecified atom stereocenters. The first-order valence-electron chi connectivity index (χ1n) is 7.87. The largest absolute Gasteiger partial charge is 0.456 e. The number of aromatic nitrogens is 1. The minimum Gasteiger partial charge on any atom is -0.456 e. The van der Waals surface area contributed by atoms with E-state index in [0.29, 0.717) is 24.9 Å². The third-order valence-electron chi connectivity index (χ3n) is 3.50. The summed E-state index contributed by atoms with van der Waals surface area (Å²) in [6.45, 7) is 5.37. The molecule has 1 aromatic rings. The number of hydrogen-bond donors (Lipinski definition) is 0. The highest BCUT2D eigenvalue weighted by molar-refractivity contribution is 5.98. The maximum Gasteiger partial charge on any atom is 0.411 e. The highest BCUT2D eigenvalue weighted by Gasteiger charge is 2.37. The number of esters is 1. The second kappa shape index (κ2) is 7.42. The molecule has 2 rings (SSSR count). The molecule has 0 bridgehead atoms. The van der Waals surface area contributed by atoms with Crippen molar-refractivity contribution in [2.45, 2.75) is 45.3 Å². The molecule has 1 amide bonds. The van der Waals surface area contributed by atoms with E-state index in [4.69, 9.17) is 9.47 Å². The van der Waals surface area contributed by atoms with E-state index in [9.17, 15) is 14.4 Å². The molecule has 1 aromatic heterocycles. The number of pyridine rings is 1. The van der Waals surface area contributed by atoms with Crippen molar-refractivity contribution in [1.29, 1.82) is 0 Å². The van der Waals surface area contributed by atoms with Gasteiger partial charge in [0.1, 0.15) is 11.6 Å². The summed E-state index contributed by atoms with van der Waals surface area (Å²) >= 11 is 0. The molecule has 1 saturated heterocycles. The van der Waals surface area contributed by atoms with Crippen LogP contribution in [0.3, 0.4) is 0 Å². The average molecular weight is 334 g/mol. The van der Waals surface area contributed by atoms with Gasteiger partial charge >= 0.3 is 12.1 Å². The van der Waals surface area contributed by atoms with E-state index < -0.39 is 23.7 Å². The summed E-state index contributed by atoms with van der Waals surface area (Å²) < 4.78 is 10.4. The molecular formula is C17H22N2O5. The summed E-state index contributed by atoms with van der Waals surface area (Å²) in [6.07, 6.45) is 3.65. The van der Waals surface area contributed by atoms with Crippen molar-refractivity contribution in [3.8, 4) is 0 Å². The standard InChI is InChI=1S/C17H22N2O5/c1-17(2,3)24-16(22)19-10-4-5-13(19)15(21)23-11-14(20)12-6-8-18-9-7-12/h6-9,13H,4-5,10-11H2,1-3H3/t13-/m0/s1.